The van der Waals surface area contributed by atoms with Crippen LogP contribution in [-0.2, 0) is 9.47 Å². The van der Waals surface area contributed by atoms with Crippen molar-refractivity contribution in [1.82, 2.24) is 0 Å². The summed E-state index contributed by atoms with van der Waals surface area (Å²) >= 11 is 0. The van der Waals surface area contributed by atoms with Crippen LogP contribution in [0.2, 0.25) is 0 Å². The summed E-state index contributed by atoms with van der Waals surface area (Å²) in [5.74, 6) is 0.199. The average Bonchev–Trinajstić information content (AvgIpc) is 2.67. The van der Waals surface area contributed by atoms with Crippen LogP contribution in [0.4, 0.5) is 0 Å². The van der Waals surface area contributed by atoms with Crippen LogP contribution in [0.1, 0.15) is 13.8 Å². The zero-order valence-electron chi connectivity index (χ0n) is 9.22. The van der Waals surface area contributed by atoms with Crippen molar-refractivity contribution in [3.63, 3.8) is 0 Å². The van der Waals surface area contributed by atoms with E-state index in [0.717, 1.165) is 0 Å². The van der Waals surface area contributed by atoms with E-state index in [1.165, 1.54) is 0 Å². The number of nitrogens with zero attached hydrogens (tertiary/aromatic N) is 6. The summed E-state index contributed by atoms with van der Waals surface area (Å²) in [5, 5.41) is 6.89. The zero-order chi connectivity index (χ0) is 12.0. The van der Waals surface area contributed by atoms with E-state index in [2.05, 4.69) is 20.1 Å². The maximum Gasteiger partial charge on any atom is 0.160 e. The highest BCUT2D eigenvalue weighted by molar-refractivity contribution is 4.82. The Morgan fingerprint density at radius 3 is 1.81 bits per heavy atom. The quantitative estimate of drug-likeness (QED) is 0.406. The lowest BCUT2D eigenvalue weighted by molar-refractivity contribution is -0.0934. The molecule has 0 N–H and O–H groups in total. The highest BCUT2D eigenvalue weighted by Gasteiger charge is 2.36. The normalized spacial score (nSPS) is 28.6. The molecule has 2 atom stereocenters. The number of rotatable bonds is 5. The predicted molar refractivity (Wildman–Crippen MR) is 56.4 cm³/mol. The lowest BCUT2D eigenvalue weighted by Crippen LogP contribution is -2.27. The minimum absolute atomic E-state index is 0.186. The van der Waals surface area contributed by atoms with Crippen LogP contribution in [0.25, 0.3) is 20.9 Å². The third kappa shape index (κ3) is 3.29. The van der Waals surface area contributed by atoms with Crippen LogP contribution >= 0.6 is 0 Å². The summed E-state index contributed by atoms with van der Waals surface area (Å²) in [4.78, 5) is 5.34. The summed E-state index contributed by atoms with van der Waals surface area (Å²) < 4.78 is 11.1. The molecule has 0 bridgehead atoms. The highest BCUT2D eigenvalue weighted by atomic mass is 16.7. The molecule has 0 aromatic carbocycles. The van der Waals surface area contributed by atoms with Gasteiger partial charge in [0.25, 0.3) is 0 Å². The first-order valence-electron chi connectivity index (χ1n) is 5.01. The third-order valence-corrected chi connectivity index (χ3v) is 2.23. The van der Waals surface area contributed by atoms with Gasteiger partial charge in [0, 0.05) is 15.7 Å². The maximum absolute atomic E-state index is 8.24. The second-order valence-electron chi connectivity index (χ2n) is 3.79. The lowest BCUT2D eigenvalue weighted by atomic mass is 10.2. The first-order valence-corrected chi connectivity index (χ1v) is 5.01. The molecule has 0 radical (unpaired) electrons. The summed E-state index contributed by atoms with van der Waals surface area (Å²) in [6.07, 6.45) is -1.01. The Balaban J connectivity index is 2.62. The Morgan fingerprint density at radius 1 is 1.06 bits per heavy atom. The van der Waals surface area contributed by atoms with Crippen molar-refractivity contribution >= 4 is 0 Å². The average molecular weight is 226 g/mol. The molecule has 88 valence electrons. The number of azide groups is 2. The van der Waals surface area contributed by atoms with Gasteiger partial charge in [0.05, 0.1) is 25.3 Å². The number of hydrogen-bond donors (Lipinski definition) is 0. The number of ether oxygens (including phenoxy) is 2. The Kier molecular flexibility index (Phi) is 4.88. The van der Waals surface area contributed by atoms with Gasteiger partial charge >= 0.3 is 0 Å². The second-order valence-corrected chi connectivity index (χ2v) is 3.79. The van der Waals surface area contributed by atoms with Crippen LogP contribution < -0.4 is 0 Å². The lowest BCUT2D eigenvalue weighted by Gasteiger charge is -2.13. The SMILES string of the molecule is CC(C)C1OC(CN=[N+]=[N-])C(CN=[N+]=[N-])O1. The van der Waals surface area contributed by atoms with Gasteiger partial charge in [-0.25, -0.2) is 0 Å². The standard InChI is InChI=1S/C8H14N6O2/c1-5(2)8-15-6(3-11-13-9)7(16-8)4-12-14-10/h5-8H,3-4H2,1-2H3. The van der Waals surface area contributed by atoms with E-state index in [4.69, 9.17) is 20.5 Å². The van der Waals surface area contributed by atoms with Gasteiger partial charge in [-0.05, 0) is 11.1 Å². The summed E-state index contributed by atoms with van der Waals surface area (Å²) in [5.41, 5.74) is 16.5. The number of hydrogen-bond acceptors (Lipinski definition) is 4. The molecule has 2 unspecified atom stereocenters. The van der Waals surface area contributed by atoms with Gasteiger partial charge in [-0.15, -0.1) is 0 Å². The molecule has 0 aliphatic carbocycles. The van der Waals surface area contributed by atoms with E-state index in [9.17, 15) is 0 Å². The van der Waals surface area contributed by atoms with Gasteiger partial charge in [-0.3, -0.25) is 0 Å². The van der Waals surface area contributed by atoms with Crippen molar-refractivity contribution in [2.75, 3.05) is 13.1 Å². The van der Waals surface area contributed by atoms with Crippen LogP contribution in [0, 0.1) is 5.92 Å². The Bertz CT molecular complexity index is 292. The Morgan fingerprint density at radius 2 is 1.50 bits per heavy atom. The van der Waals surface area contributed by atoms with Gasteiger partial charge in [-0.2, -0.15) is 0 Å². The topological polar surface area (TPSA) is 116 Å². The minimum atomic E-state index is -0.339. The van der Waals surface area contributed by atoms with Crippen molar-refractivity contribution in [3.05, 3.63) is 20.9 Å². The highest BCUT2D eigenvalue weighted by Crippen LogP contribution is 2.24. The molecule has 1 rings (SSSR count). The first-order chi connectivity index (χ1) is 7.69. The molecular weight excluding hydrogens is 212 g/mol. The van der Waals surface area contributed by atoms with Crippen LogP contribution in [0.5, 0.6) is 0 Å². The largest absolute Gasteiger partial charge is 0.346 e. The third-order valence-electron chi connectivity index (χ3n) is 2.23. The van der Waals surface area contributed by atoms with Gasteiger partial charge in [-0.1, -0.05) is 24.1 Å². The fourth-order valence-corrected chi connectivity index (χ4v) is 1.42. The molecule has 0 spiro atoms. The van der Waals surface area contributed by atoms with E-state index < -0.39 is 0 Å². The molecule has 0 aromatic heterocycles. The van der Waals surface area contributed by atoms with Crippen molar-refractivity contribution in [2.24, 2.45) is 16.1 Å². The predicted octanol–water partition coefficient (Wildman–Crippen LogP) is 2.37. The van der Waals surface area contributed by atoms with Crippen molar-refractivity contribution in [2.45, 2.75) is 32.3 Å². The molecule has 1 aliphatic rings. The van der Waals surface area contributed by atoms with Gasteiger partial charge in [0.2, 0.25) is 0 Å². The van der Waals surface area contributed by atoms with Crippen molar-refractivity contribution in [1.29, 1.82) is 0 Å². The first kappa shape index (κ1) is 12.6. The summed E-state index contributed by atoms with van der Waals surface area (Å²) in [6.45, 7) is 4.30. The van der Waals surface area contributed by atoms with E-state index >= 15 is 0 Å². The molecule has 8 heteroatoms. The summed E-state index contributed by atoms with van der Waals surface area (Å²) in [6, 6.07) is 0. The Hall–Kier alpha value is -1.46. The molecule has 0 saturated carbocycles. The molecule has 0 aromatic rings. The van der Waals surface area contributed by atoms with Crippen LogP contribution in [0.15, 0.2) is 10.2 Å². The molecule has 1 aliphatic heterocycles. The van der Waals surface area contributed by atoms with Crippen LogP contribution in [0.3, 0.4) is 0 Å². The van der Waals surface area contributed by atoms with E-state index in [1.54, 1.807) is 0 Å². The fourth-order valence-electron chi connectivity index (χ4n) is 1.42. The second kappa shape index (κ2) is 6.19. The smallest absolute Gasteiger partial charge is 0.160 e. The molecular formula is C8H14N6O2. The van der Waals surface area contributed by atoms with Crippen LogP contribution in [-0.4, -0.2) is 31.6 Å². The fraction of sp³-hybridized carbons (Fsp3) is 1.00. The van der Waals surface area contributed by atoms with Crippen molar-refractivity contribution in [3.8, 4) is 0 Å². The van der Waals surface area contributed by atoms with E-state index in [0.29, 0.717) is 0 Å². The molecule has 1 heterocycles. The molecule has 0 amide bonds. The molecule has 16 heavy (non-hydrogen) atoms. The van der Waals surface area contributed by atoms with E-state index in [-0.39, 0.29) is 37.5 Å². The van der Waals surface area contributed by atoms with Gasteiger partial charge in [0.15, 0.2) is 6.29 Å². The molecule has 1 saturated heterocycles. The maximum atomic E-state index is 8.24. The zero-order valence-corrected chi connectivity index (χ0v) is 9.22. The van der Waals surface area contributed by atoms with E-state index in [1.807, 2.05) is 13.8 Å². The minimum Gasteiger partial charge on any atom is -0.346 e. The molecule has 8 nitrogen and oxygen atoms in total. The molecule has 1 fully saturated rings. The summed E-state index contributed by atoms with van der Waals surface area (Å²) in [7, 11) is 0. The Labute approximate surface area is 92.8 Å². The monoisotopic (exact) mass is 226 g/mol. The van der Waals surface area contributed by atoms with Gasteiger partial charge < -0.3 is 9.47 Å². The van der Waals surface area contributed by atoms with Crippen molar-refractivity contribution < 1.29 is 9.47 Å². The van der Waals surface area contributed by atoms with Gasteiger partial charge in [0.1, 0.15) is 0 Å².